The Morgan fingerprint density at radius 1 is 1.23 bits per heavy atom. The number of fused-ring (bicyclic) bond motifs is 1. The summed E-state index contributed by atoms with van der Waals surface area (Å²) in [6.45, 7) is 1.78. The first-order chi connectivity index (χ1) is 14.8. The molecule has 0 radical (unpaired) electrons. The number of amides is 1. The highest BCUT2D eigenvalue weighted by Gasteiger charge is 2.31. The van der Waals surface area contributed by atoms with Crippen molar-refractivity contribution in [2.45, 2.75) is 31.7 Å². The molecule has 2 aromatic heterocycles. The molecule has 1 aliphatic carbocycles. The van der Waals surface area contributed by atoms with E-state index in [0.29, 0.717) is 12.2 Å². The van der Waals surface area contributed by atoms with Crippen LogP contribution >= 0.6 is 15.9 Å². The summed E-state index contributed by atoms with van der Waals surface area (Å²) < 4.78 is 0.931. The minimum atomic E-state index is -1.26. The lowest BCUT2D eigenvalue weighted by Gasteiger charge is -2.33. The Hall–Kier alpha value is -2.92. The van der Waals surface area contributed by atoms with Gasteiger partial charge in [-0.3, -0.25) is 4.79 Å². The molecule has 0 unspecified atom stereocenters. The molecule has 3 heterocycles. The van der Waals surface area contributed by atoms with E-state index < -0.39 is 11.9 Å². The smallest absolute Gasteiger partial charge is 0.328 e. The Morgan fingerprint density at radius 2 is 1.90 bits per heavy atom. The molecule has 6 N–H and O–H groups in total. The van der Waals surface area contributed by atoms with E-state index in [1.807, 2.05) is 6.20 Å². The number of carbonyl (C=O) groups is 3. The molecule has 2 aliphatic rings. The number of pyridine rings is 1. The number of aromatic nitrogens is 2. The van der Waals surface area contributed by atoms with Gasteiger partial charge in [-0.15, -0.1) is 0 Å². The van der Waals surface area contributed by atoms with E-state index in [2.05, 4.69) is 36.1 Å². The van der Waals surface area contributed by atoms with Gasteiger partial charge in [-0.05, 0) is 41.6 Å². The predicted octanol–water partition coefficient (Wildman–Crippen LogP) is 2.31. The van der Waals surface area contributed by atoms with Crippen molar-refractivity contribution in [1.29, 1.82) is 0 Å². The minimum Gasteiger partial charge on any atom is -0.478 e. The number of nitrogens with one attached hydrogen (secondary N) is 2. The van der Waals surface area contributed by atoms with Crippen LogP contribution in [0, 0.1) is 5.92 Å². The molecule has 166 valence electrons. The highest BCUT2D eigenvalue weighted by molar-refractivity contribution is 9.10. The molecule has 1 atom stereocenters. The van der Waals surface area contributed by atoms with Gasteiger partial charge in [-0.2, -0.15) is 0 Å². The van der Waals surface area contributed by atoms with Crippen molar-refractivity contribution in [2.75, 3.05) is 23.3 Å². The van der Waals surface area contributed by atoms with Crippen LogP contribution in [0.25, 0.3) is 11.0 Å². The Bertz CT molecular complexity index is 1000. The number of hydrogen-bond acceptors (Lipinski definition) is 6. The number of anilines is 2. The monoisotopic (exact) mass is 493 g/mol. The van der Waals surface area contributed by atoms with E-state index in [9.17, 15) is 14.4 Å². The van der Waals surface area contributed by atoms with Crippen LogP contribution in [0.3, 0.4) is 0 Å². The zero-order valence-electron chi connectivity index (χ0n) is 16.7. The van der Waals surface area contributed by atoms with Gasteiger partial charge in [0.05, 0.1) is 21.2 Å². The van der Waals surface area contributed by atoms with Gasteiger partial charge in [-0.25, -0.2) is 14.6 Å². The van der Waals surface area contributed by atoms with Crippen molar-refractivity contribution in [3.05, 3.63) is 29.0 Å². The molecular formula is C20H24BrN5O5. The van der Waals surface area contributed by atoms with Gasteiger partial charge >= 0.3 is 11.9 Å². The number of piperidine rings is 1. The van der Waals surface area contributed by atoms with E-state index >= 15 is 0 Å². The number of carboxylic acid groups (broad SMARTS) is 2. The molecule has 10 nitrogen and oxygen atoms in total. The third-order valence-electron chi connectivity index (χ3n) is 4.98. The molecule has 1 amide bonds. The summed E-state index contributed by atoms with van der Waals surface area (Å²) in [5.41, 5.74) is 8.81. The summed E-state index contributed by atoms with van der Waals surface area (Å²) in [5.74, 6) is -2.24. The van der Waals surface area contributed by atoms with Crippen molar-refractivity contribution < 1.29 is 24.6 Å². The van der Waals surface area contributed by atoms with E-state index in [-0.39, 0.29) is 17.9 Å². The lowest BCUT2D eigenvalue weighted by atomic mass is 10.1. The number of H-pyrrole nitrogens is 1. The highest BCUT2D eigenvalue weighted by Crippen LogP contribution is 2.39. The SMILES string of the molecule is N[C@@H]1CCCN(c2c(Br)cnc3[nH]cc(NC(=O)C4CC4)c23)C1.O=C(O)/C=C\C(=O)O. The maximum atomic E-state index is 12.2. The largest absolute Gasteiger partial charge is 0.478 e. The first-order valence-electron chi connectivity index (χ1n) is 9.87. The van der Waals surface area contributed by atoms with Gasteiger partial charge in [0.25, 0.3) is 0 Å². The third kappa shape index (κ3) is 6.05. The molecular weight excluding hydrogens is 470 g/mol. The Kier molecular flexibility index (Phi) is 7.29. The second-order valence-corrected chi connectivity index (χ2v) is 8.36. The summed E-state index contributed by atoms with van der Waals surface area (Å²) in [6, 6.07) is 0.183. The fourth-order valence-electron chi connectivity index (χ4n) is 3.40. The van der Waals surface area contributed by atoms with E-state index in [1.165, 1.54) is 0 Å². The number of carboxylic acids is 2. The summed E-state index contributed by atoms with van der Waals surface area (Å²) >= 11 is 3.63. The van der Waals surface area contributed by atoms with Crippen LogP contribution in [0.15, 0.2) is 29.0 Å². The van der Waals surface area contributed by atoms with Crippen molar-refractivity contribution >= 4 is 56.2 Å². The zero-order valence-corrected chi connectivity index (χ0v) is 18.3. The van der Waals surface area contributed by atoms with Gasteiger partial charge in [0.2, 0.25) is 5.91 Å². The molecule has 11 heteroatoms. The number of aliphatic carboxylic acids is 2. The number of aromatic amines is 1. The standard InChI is InChI=1S/C16H20BrN5O.C4H4O4/c17-11-6-19-15-13(14(11)22-5-1-2-10(18)8-22)12(7-20-15)21-16(23)9-3-4-9;5-3(6)1-2-4(7)8/h6-7,9-10H,1-5,8,18H2,(H,19,20)(H,21,23);1-2H,(H,5,6)(H,7,8)/b;2-1-/t10-;/m1./s1. The summed E-state index contributed by atoms with van der Waals surface area (Å²) in [4.78, 5) is 41.2. The lowest BCUT2D eigenvalue weighted by molar-refractivity contribution is -0.134. The third-order valence-corrected chi connectivity index (χ3v) is 5.56. The van der Waals surface area contributed by atoms with Gasteiger partial charge in [0.15, 0.2) is 0 Å². The summed E-state index contributed by atoms with van der Waals surface area (Å²) in [5, 5.41) is 19.6. The van der Waals surface area contributed by atoms with Gasteiger partial charge < -0.3 is 31.1 Å². The van der Waals surface area contributed by atoms with Gasteiger partial charge in [0.1, 0.15) is 5.65 Å². The number of halogens is 1. The number of nitrogens with two attached hydrogens (primary N) is 1. The van der Waals surface area contributed by atoms with E-state index in [1.54, 1.807) is 6.20 Å². The topological polar surface area (TPSA) is 162 Å². The lowest BCUT2D eigenvalue weighted by Crippen LogP contribution is -2.43. The average molecular weight is 494 g/mol. The molecule has 0 aromatic carbocycles. The molecule has 4 rings (SSSR count). The van der Waals surface area contributed by atoms with E-state index in [0.717, 1.165) is 65.7 Å². The molecule has 0 spiro atoms. The first-order valence-corrected chi connectivity index (χ1v) is 10.7. The summed E-state index contributed by atoms with van der Waals surface area (Å²) in [7, 11) is 0. The molecule has 2 fully saturated rings. The molecule has 0 bridgehead atoms. The van der Waals surface area contributed by atoms with Crippen molar-refractivity contribution in [1.82, 2.24) is 9.97 Å². The fourth-order valence-corrected chi connectivity index (χ4v) is 3.95. The normalized spacial score (nSPS) is 18.5. The maximum Gasteiger partial charge on any atom is 0.328 e. The average Bonchev–Trinajstić information content (AvgIpc) is 3.49. The zero-order chi connectivity index (χ0) is 22.5. The number of rotatable bonds is 5. The van der Waals surface area contributed by atoms with Crippen LogP contribution in [-0.4, -0.2) is 57.2 Å². The summed E-state index contributed by atoms with van der Waals surface area (Å²) in [6.07, 6.45) is 8.86. The van der Waals surface area contributed by atoms with Gasteiger partial charge in [0, 0.05) is 49.6 Å². The molecule has 1 aliphatic heterocycles. The number of hydrogen-bond donors (Lipinski definition) is 5. The van der Waals surface area contributed by atoms with Crippen LogP contribution in [0.5, 0.6) is 0 Å². The van der Waals surface area contributed by atoms with Crippen molar-refractivity contribution in [3.63, 3.8) is 0 Å². The molecule has 1 saturated heterocycles. The van der Waals surface area contributed by atoms with Crippen LogP contribution in [0.1, 0.15) is 25.7 Å². The quantitative estimate of drug-likeness (QED) is 0.396. The Morgan fingerprint density at radius 3 is 2.48 bits per heavy atom. The first kappa shape index (κ1) is 22.8. The predicted molar refractivity (Wildman–Crippen MR) is 119 cm³/mol. The molecule has 2 aromatic rings. The number of carbonyl (C=O) groups excluding carboxylic acids is 1. The van der Waals surface area contributed by atoms with Gasteiger partial charge in [-0.1, -0.05) is 0 Å². The fraction of sp³-hybridized carbons (Fsp3) is 0.400. The van der Waals surface area contributed by atoms with Crippen LogP contribution < -0.4 is 16.0 Å². The Labute approximate surface area is 186 Å². The minimum absolute atomic E-state index is 0.104. The number of nitrogens with zero attached hydrogens (tertiary/aromatic N) is 2. The van der Waals surface area contributed by atoms with Crippen molar-refractivity contribution in [3.8, 4) is 0 Å². The second kappa shape index (κ2) is 9.92. The van der Waals surface area contributed by atoms with Crippen LogP contribution in [0.4, 0.5) is 11.4 Å². The second-order valence-electron chi connectivity index (χ2n) is 7.50. The van der Waals surface area contributed by atoms with Crippen molar-refractivity contribution in [2.24, 2.45) is 11.7 Å². The van der Waals surface area contributed by atoms with Crippen LogP contribution in [-0.2, 0) is 14.4 Å². The van der Waals surface area contributed by atoms with E-state index in [4.69, 9.17) is 15.9 Å². The molecule has 31 heavy (non-hydrogen) atoms. The Balaban J connectivity index is 0.000000293. The highest BCUT2D eigenvalue weighted by atomic mass is 79.9. The van der Waals surface area contributed by atoms with Crippen LogP contribution in [0.2, 0.25) is 0 Å². The molecule has 1 saturated carbocycles. The maximum absolute atomic E-state index is 12.2.